The summed E-state index contributed by atoms with van der Waals surface area (Å²) in [4.78, 5) is 22.2. The summed E-state index contributed by atoms with van der Waals surface area (Å²) < 4.78 is 15.4. The van der Waals surface area contributed by atoms with Crippen LogP contribution in [0.4, 0.5) is 4.79 Å². The van der Waals surface area contributed by atoms with Gasteiger partial charge in [0.25, 0.3) is 5.91 Å². The van der Waals surface area contributed by atoms with Crippen molar-refractivity contribution in [2.75, 3.05) is 13.7 Å². The lowest BCUT2D eigenvalue weighted by Crippen LogP contribution is -2.29. The highest BCUT2D eigenvalue weighted by molar-refractivity contribution is 5.82. The molecule has 23 heavy (non-hydrogen) atoms. The molecule has 8 nitrogen and oxygen atoms in total. The van der Waals surface area contributed by atoms with Gasteiger partial charge in [-0.1, -0.05) is 0 Å². The number of hydrogen-bond donors (Lipinski definition) is 2. The topological polar surface area (TPSA) is 112 Å². The first-order valence-corrected chi connectivity index (χ1v) is 6.82. The monoisotopic (exact) mass is 323 g/mol. The molecule has 0 unspecified atom stereocenters. The quantitative estimate of drug-likeness (QED) is 0.607. The van der Waals surface area contributed by atoms with Gasteiger partial charge < -0.3 is 19.9 Å². The highest BCUT2D eigenvalue weighted by Gasteiger charge is 2.15. The summed E-state index contributed by atoms with van der Waals surface area (Å²) in [6, 6.07) is 4.92. The maximum absolute atomic E-state index is 11.4. The molecule has 0 bridgehead atoms. The van der Waals surface area contributed by atoms with Gasteiger partial charge in [-0.15, -0.1) is 0 Å². The Morgan fingerprint density at radius 3 is 2.57 bits per heavy atom. The van der Waals surface area contributed by atoms with Crippen LogP contribution in [-0.4, -0.2) is 37.5 Å². The lowest BCUT2D eigenvalue weighted by atomic mass is 10.2. The predicted octanol–water partition coefficient (Wildman–Crippen LogP) is 1.42. The Balaban J connectivity index is 2.69. The van der Waals surface area contributed by atoms with Gasteiger partial charge in [0.05, 0.1) is 13.3 Å². The number of methoxy groups -OCH3 is 1. The molecule has 0 aliphatic carbocycles. The fourth-order valence-electron chi connectivity index (χ4n) is 1.49. The minimum atomic E-state index is -0.651. The fourth-order valence-corrected chi connectivity index (χ4v) is 1.49. The summed E-state index contributed by atoms with van der Waals surface area (Å²) in [7, 11) is 1.46. The Hall–Kier alpha value is -2.77. The van der Waals surface area contributed by atoms with Gasteiger partial charge in [0.2, 0.25) is 0 Å². The number of amides is 2. The van der Waals surface area contributed by atoms with E-state index in [1.54, 1.807) is 39.0 Å². The second kappa shape index (κ2) is 8.02. The lowest BCUT2D eigenvalue weighted by molar-refractivity contribution is -0.119. The van der Waals surface area contributed by atoms with Gasteiger partial charge in [0, 0.05) is 0 Å². The van der Waals surface area contributed by atoms with Crippen LogP contribution < -0.4 is 20.6 Å². The molecule has 2 amide bonds. The Bertz CT molecular complexity index is 593. The van der Waals surface area contributed by atoms with Gasteiger partial charge in [-0.05, 0) is 44.5 Å². The van der Waals surface area contributed by atoms with Crippen LogP contribution in [0.2, 0.25) is 0 Å². The summed E-state index contributed by atoms with van der Waals surface area (Å²) >= 11 is 0. The number of hydrazone groups is 1. The molecule has 0 spiro atoms. The van der Waals surface area contributed by atoms with Crippen molar-refractivity contribution >= 4 is 18.2 Å². The van der Waals surface area contributed by atoms with Crippen molar-refractivity contribution in [2.24, 2.45) is 10.8 Å². The maximum Gasteiger partial charge on any atom is 0.428 e. The summed E-state index contributed by atoms with van der Waals surface area (Å²) in [6.07, 6.45) is 0.770. The van der Waals surface area contributed by atoms with Crippen LogP contribution in [0.25, 0.3) is 0 Å². The molecule has 1 aromatic rings. The Morgan fingerprint density at radius 1 is 1.30 bits per heavy atom. The second-order valence-corrected chi connectivity index (χ2v) is 5.54. The Morgan fingerprint density at radius 2 is 2.00 bits per heavy atom. The summed E-state index contributed by atoms with van der Waals surface area (Å²) in [5.41, 5.74) is 7.34. The van der Waals surface area contributed by atoms with Gasteiger partial charge in [-0.25, -0.2) is 10.2 Å². The SMILES string of the molecule is COc1cc(/C=N/NC(=O)OC(C)(C)C)ccc1OCC(N)=O. The predicted molar refractivity (Wildman–Crippen MR) is 84.6 cm³/mol. The van der Waals surface area contributed by atoms with E-state index in [4.69, 9.17) is 19.9 Å². The van der Waals surface area contributed by atoms with E-state index >= 15 is 0 Å². The fraction of sp³-hybridized carbons (Fsp3) is 0.400. The van der Waals surface area contributed by atoms with E-state index in [-0.39, 0.29) is 6.61 Å². The molecule has 126 valence electrons. The van der Waals surface area contributed by atoms with Crippen LogP contribution in [-0.2, 0) is 9.53 Å². The highest BCUT2D eigenvalue weighted by Crippen LogP contribution is 2.27. The third kappa shape index (κ3) is 7.16. The lowest BCUT2D eigenvalue weighted by Gasteiger charge is -2.18. The van der Waals surface area contributed by atoms with Crippen molar-refractivity contribution in [3.8, 4) is 11.5 Å². The number of primary amides is 1. The molecule has 3 N–H and O–H groups in total. The molecular weight excluding hydrogens is 302 g/mol. The van der Waals surface area contributed by atoms with Gasteiger partial charge in [-0.3, -0.25) is 4.79 Å². The zero-order valence-corrected chi connectivity index (χ0v) is 13.6. The van der Waals surface area contributed by atoms with Crippen molar-refractivity contribution < 1.29 is 23.8 Å². The van der Waals surface area contributed by atoms with Gasteiger partial charge >= 0.3 is 6.09 Å². The van der Waals surface area contributed by atoms with Crippen LogP contribution in [0.15, 0.2) is 23.3 Å². The molecule has 0 saturated carbocycles. The smallest absolute Gasteiger partial charge is 0.428 e. The first kappa shape index (κ1) is 18.3. The summed E-state index contributed by atoms with van der Waals surface area (Å²) in [5, 5.41) is 3.78. The van der Waals surface area contributed by atoms with E-state index in [0.29, 0.717) is 17.1 Å². The largest absolute Gasteiger partial charge is 0.493 e. The number of hydrogen-bond acceptors (Lipinski definition) is 6. The van der Waals surface area contributed by atoms with E-state index in [1.807, 2.05) is 0 Å². The minimum Gasteiger partial charge on any atom is -0.493 e. The van der Waals surface area contributed by atoms with Crippen molar-refractivity contribution in [3.05, 3.63) is 23.8 Å². The molecular formula is C15H21N3O5. The molecule has 0 aliphatic rings. The number of rotatable bonds is 6. The second-order valence-electron chi connectivity index (χ2n) is 5.54. The summed E-state index contributed by atoms with van der Waals surface area (Å²) in [6.45, 7) is 5.02. The van der Waals surface area contributed by atoms with Crippen LogP contribution in [0, 0.1) is 0 Å². The molecule has 1 aromatic carbocycles. The number of nitrogens with two attached hydrogens (primary N) is 1. The first-order chi connectivity index (χ1) is 10.7. The first-order valence-electron chi connectivity index (χ1n) is 6.82. The van der Waals surface area contributed by atoms with Crippen molar-refractivity contribution in [2.45, 2.75) is 26.4 Å². The molecule has 0 heterocycles. The Kier molecular flexibility index (Phi) is 6.37. The highest BCUT2D eigenvalue weighted by atomic mass is 16.6. The number of nitrogens with one attached hydrogen (secondary N) is 1. The van der Waals surface area contributed by atoms with Crippen molar-refractivity contribution in [3.63, 3.8) is 0 Å². The molecule has 0 aliphatic heterocycles. The van der Waals surface area contributed by atoms with Crippen LogP contribution in [0.1, 0.15) is 26.3 Å². The molecule has 0 radical (unpaired) electrons. The van der Waals surface area contributed by atoms with Gasteiger partial charge in [-0.2, -0.15) is 5.10 Å². The van der Waals surface area contributed by atoms with Gasteiger partial charge in [0.1, 0.15) is 5.60 Å². The molecule has 0 saturated heterocycles. The van der Waals surface area contributed by atoms with Crippen LogP contribution >= 0.6 is 0 Å². The van der Waals surface area contributed by atoms with Crippen molar-refractivity contribution in [1.29, 1.82) is 0 Å². The Labute approximate surface area is 134 Å². The van der Waals surface area contributed by atoms with Crippen LogP contribution in [0.3, 0.4) is 0 Å². The van der Waals surface area contributed by atoms with E-state index < -0.39 is 17.6 Å². The van der Waals surface area contributed by atoms with E-state index in [0.717, 1.165) is 0 Å². The van der Waals surface area contributed by atoms with Crippen LogP contribution in [0.5, 0.6) is 11.5 Å². The molecule has 0 aromatic heterocycles. The zero-order chi connectivity index (χ0) is 17.5. The molecule has 1 rings (SSSR count). The average Bonchev–Trinajstić information content (AvgIpc) is 2.43. The van der Waals surface area contributed by atoms with E-state index in [9.17, 15) is 9.59 Å². The number of carbonyl (C=O) groups excluding carboxylic acids is 2. The van der Waals surface area contributed by atoms with Crippen molar-refractivity contribution in [1.82, 2.24) is 5.43 Å². The molecule has 0 fully saturated rings. The number of ether oxygens (including phenoxy) is 3. The zero-order valence-electron chi connectivity index (χ0n) is 13.6. The molecule has 8 heteroatoms. The molecule has 0 atom stereocenters. The summed E-state index contributed by atoms with van der Waals surface area (Å²) in [5.74, 6) is 0.204. The van der Waals surface area contributed by atoms with Gasteiger partial charge in [0.15, 0.2) is 18.1 Å². The number of nitrogens with zero attached hydrogens (tertiary/aromatic N) is 1. The normalized spacial score (nSPS) is 11.1. The third-order valence-electron chi connectivity index (χ3n) is 2.33. The maximum atomic E-state index is 11.4. The standard InChI is InChI=1S/C15H21N3O5/c1-15(2,3)23-14(20)18-17-8-10-5-6-11(12(7-10)21-4)22-9-13(16)19/h5-8H,9H2,1-4H3,(H2,16,19)(H,18,20)/b17-8+. The number of benzene rings is 1. The third-order valence-corrected chi connectivity index (χ3v) is 2.33. The average molecular weight is 323 g/mol. The minimum absolute atomic E-state index is 0.246. The van der Waals surface area contributed by atoms with E-state index in [2.05, 4.69) is 10.5 Å². The number of carbonyl (C=O) groups is 2. The van der Waals surface area contributed by atoms with E-state index in [1.165, 1.54) is 13.3 Å².